The Balaban J connectivity index is 1.43. The number of nitrogens with one attached hydrogen (secondary N) is 1. The molecule has 4 rings (SSSR count). The fraction of sp³-hybridized carbons (Fsp3) is 0.158. The first-order valence-corrected chi connectivity index (χ1v) is 9.14. The van der Waals surface area contributed by atoms with Gasteiger partial charge in [-0.15, -0.1) is 10.2 Å². The predicted molar refractivity (Wildman–Crippen MR) is 101 cm³/mol. The lowest BCUT2D eigenvalue weighted by atomic mass is 10.1. The van der Waals surface area contributed by atoms with Crippen LogP contribution >= 0.6 is 11.3 Å². The van der Waals surface area contributed by atoms with E-state index in [1.807, 2.05) is 48.0 Å². The Kier molecular flexibility index (Phi) is 4.45. The van der Waals surface area contributed by atoms with E-state index >= 15 is 0 Å². The van der Waals surface area contributed by atoms with Crippen LogP contribution in [0.4, 0.5) is 5.69 Å². The van der Waals surface area contributed by atoms with E-state index < -0.39 is 0 Å². The molecule has 0 bridgehead atoms. The number of rotatable bonds is 5. The molecule has 3 aromatic heterocycles. The maximum Gasteiger partial charge on any atom is 0.248 e. The highest BCUT2D eigenvalue weighted by Gasteiger charge is 2.12. The number of benzene rings is 1. The van der Waals surface area contributed by atoms with Gasteiger partial charge >= 0.3 is 0 Å². The van der Waals surface area contributed by atoms with Gasteiger partial charge in [0.15, 0.2) is 0 Å². The highest BCUT2D eigenvalue weighted by molar-refractivity contribution is 7.08. The van der Waals surface area contributed by atoms with Gasteiger partial charge in [-0.1, -0.05) is 6.07 Å². The Morgan fingerprint density at radius 3 is 3.00 bits per heavy atom. The Morgan fingerprint density at radius 2 is 2.15 bits per heavy atom. The second-order valence-corrected chi connectivity index (χ2v) is 6.67. The van der Waals surface area contributed by atoms with Gasteiger partial charge in [-0.05, 0) is 42.1 Å². The van der Waals surface area contributed by atoms with Crippen molar-refractivity contribution in [2.45, 2.75) is 19.8 Å². The monoisotopic (exact) mass is 364 g/mol. The number of nitrogens with zero attached hydrogens (tertiary/aromatic N) is 3. The molecule has 1 amide bonds. The second kappa shape index (κ2) is 7.05. The summed E-state index contributed by atoms with van der Waals surface area (Å²) in [5, 5.41) is 15.8. The molecule has 0 saturated heterocycles. The zero-order valence-electron chi connectivity index (χ0n) is 14.1. The molecule has 0 fully saturated rings. The molecule has 0 aliphatic carbocycles. The van der Waals surface area contributed by atoms with Crippen LogP contribution in [0.3, 0.4) is 0 Å². The Bertz CT molecular complexity index is 1060. The van der Waals surface area contributed by atoms with Crippen molar-refractivity contribution in [2.24, 2.45) is 0 Å². The number of carbonyl (C=O) groups is 1. The first-order valence-electron chi connectivity index (χ1n) is 8.20. The molecule has 0 aliphatic heterocycles. The van der Waals surface area contributed by atoms with Crippen LogP contribution in [0, 0.1) is 6.92 Å². The van der Waals surface area contributed by atoms with Gasteiger partial charge in [0, 0.05) is 35.4 Å². The number of pyridine rings is 1. The zero-order chi connectivity index (χ0) is 17.9. The number of hydrogen-bond donors (Lipinski definition) is 1. The SMILES string of the molecule is Cc1ccc(NC(=O)CCc2nnc(-c3ccsc3)o2)c2cccnc12. The zero-order valence-corrected chi connectivity index (χ0v) is 14.9. The standard InChI is InChI=1S/C19H16N4O2S/c1-12-4-5-15(14-3-2-9-20-18(12)14)21-16(24)6-7-17-22-23-19(25-17)13-8-10-26-11-13/h2-5,8-11H,6-7H2,1H3,(H,21,24). The van der Waals surface area contributed by atoms with E-state index in [1.165, 1.54) is 0 Å². The summed E-state index contributed by atoms with van der Waals surface area (Å²) in [7, 11) is 0. The van der Waals surface area contributed by atoms with Crippen molar-refractivity contribution >= 4 is 33.8 Å². The van der Waals surface area contributed by atoms with E-state index in [9.17, 15) is 4.79 Å². The number of aryl methyl sites for hydroxylation is 2. The molecule has 6 nitrogen and oxygen atoms in total. The topological polar surface area (TPSA) is 80.9 Å². The molecular formula is C19H16N4O2S. The molecule has 1 N–H and O–H groups in total. The molecular weight excluding hydrogens is 348 g/mol. The Labute approximate surface area is 153 Å². The van der Waals surface area contributed by atoms with Crippen molar-refractivity contribution in [1.82, 2.24) is 15.2 Å². The number of thiophene rings is 1. The number of anilines is 1. The molecule has 0 saturated carbocycles. The third-order valence-corrected chi connectivity index (χ3v) is 4.73. The minimum absolute atomic E-state index is 0.103. The molecule has 7 heteroatoms. The van der Waals surface area contributed by atoms with Crippen LogP contribution in [0.25, 0.3) is 22.4 Å². The summed E-state index contributed by atoms with van der Waals surface area (Å²) in [6.45, 7) is 2.00. The first-order chi connectivity index (χ1) is 12.7. The summed E-state index contributed by atoms with van der Waals surface area (Å²) in [6, 6.07) is 9.60. The average Bonchev–Trinajstić information content (AvgIpc) is 3.34. The van der Waals surface area contributed by atoms with Gasteiger partial charge in [0.25, 0.3) is 0 Å². The molecule has 0 spiro atoms. The lowest BCUT2D eigenvalue weighted by molar-refractivity contribution is -0.116. The number of hydrogen-bond acceptors (Lipinski definition) is 6. The van der Waals surface area contributed by atoms with E-state index in [-0.39, 0.29) is 12.3 Å². The van der Waals surface area contributed by atoms with Gasteiger partial charge in [0.05, 0.1) is 11.2 Å². The van der Waals surface area contributed by atoms with Crippen molar-refractivity contribution in [3.63, 3.8) is 0 Å². The average molecular weight is 364 g/mol. The van der Waals surface area contributed by atoms with Crippen LogP contribution in [-0.4, -0.2) is 21.1 Å². The van der Waals surface area contributed by atoms with Gasteiger partial charge < -0.3 is 9.73 Å². The van der Waals surface area contributed by atoms with Gasteiger partial charge in [0.2, 0.25) is 17.7 Å². The molecule has 0 unspecified atom stereocenters. The van der Waals surface area contributed by atoms with Gasteiger partial charge in [0.1, 0.15) is 0 Å². The minimum atomic E-state index is -0.103. The number of fused-ring (bicyclic) bond motifs is 1. The number of carbonyl (C=O) groups excluding carboxylic acids is 1. The van der Waals surface area contributed by atoms with E-state index in [1.54, 1.807) is 17.5 Å². The summed E-state index contributed by atoms with van der Waals surface area (Å²) < 4.78 is 5.61. The summed E-state index contributed by atoms with van der Waals surface area (Å²) in [5.41, 5.74) is 3.62. The smallest absolute Gasteiger partial charge is 0.248 e. The van der Waals surface area contributed by atoms with Crippen LogP contribution in [0.1, 0.15) is 17.9 Å². The van der Waals surface area contributed by atoms with E-state index in [4.69, 9.17) is 4.42 Å². The summed E-state index contributed by atoms with van der Waals surface area (Å²) in [6.07, 6.45) is 2.41. The van der Waals surface area contributed by atoms with Gasteiger partial charge in [-0.2, -0.15) is 11.3 Å². The first kappa shape index (κ1) is 16.4. The lowest BCUT2D eigenvalue weighted by Gasteiger charge is -2.09. The van der Waals surface area contributed by atoms with Crippen molar-refractivity contribution < 1.29 is 9.21 Å². The maximum atomic E-state index is 12.3. The van der Waals surface area contributed by atoms with E-state index in [0.29, 0.717) is 18.2 Å². The highest BCUT2D eigenvalue weighted by Crippen LogP contribution is 2.25. The quantitative estimate of drug-likeness (QED) is 0.573. The lowest BCUT2D eigenvalue weighted by Crippen LogP contribution is -2.13. The fourth-order valence-corrected chi connectivity index (χ4v) is 3.34. The molecule has 0 aliphatic rings. The van der Waals surface area contributed by atoms with Crippen LogP contribution in [-0.2, 0) is 11.2 Å². The van der Waals surface area contributed by atoms with E-state index in [2.05, 4.69) is 20.5 Å². The van der Waals surface area contributed by atoms with Crippen LogP contribution in [0.5, 0.6) is 0 Å². The largest absolute Gasteiger partial charge is 0.421 e. The number of amides is 1. The molecule has 1 aromatic carbocycles. The van der Waals surface area contributed by atoms with Crippen LogP contribution in [0.2, 0.25) is 0 Å². The summed E-state index contributed by atoms with van der Waals surface area (Å²) in [5.74, 6) is 0.836. The van der Waals surface area contributed by atoms with Gasteiger partial charge in [-0.25, -0.2) is 0 Å². The fourth-order valence-electron chi connectivity index (χ4n) is 2.71. The normalized spacial score (nSPS) is 11.0. The van der Waals surface area contributed by atoms with Gasteiger partial charge in [-0.3, -0.25) is 9.78 Å². The van der Waals surface area contributed by atoms with Crippen LogP contribution < -0.4 is 5.32 Å². The number of aromatic nitrogens is 3. The van der Waals surface area contributed by atoms with Crippen molar-refractivity contribution in [3.05, 3.63) is 58.7 Å². The van der Waals surface area contributed by atoms with Crippen LogP contribution in [0.15, 0.2) is 51.7 Å². The predicted octanol–water partition coefficient (Wildman–Crippen LogP) is 4.23. The molecule has 0 radical (unpaired) electrons. The highest BCUT2D eigenvalue weighted by atomic mass is 32.1. The third-order valence-electron chi connectivity index (χ3n) is 4.05. The van der Waals surface area contributed by atoms with E-state index in [0.717, 1.165) is 27.7 Å². The molecule has 26 heavy (non-hydrogen) atoms. The van der Waals surface area contributed by atoms with Crippen molar-refractivity contribution in [1.29, 1.82) is 0 Å². The Hall–Kier alpha value is -3.06. The Morgan fingerprint density at radius 1 is 1.23 bits per heavy atom. The molecule has 0 atom stereocenters. The van der Waals surface area contributed by atoms with Crippen molar-refractivity contribution in [2.75, 3.05) is 5.32 Å². The van der Waals surface area contributed by atoms with Crippen molar-refractivity contribution in [3.8, 4) is 11.5 Å². The third kappa shape index (κ3) is 3.34. The summed E-state index contributed by atoms with van der Waals surface area (Å²) >= 11 is 1.57. The second-order valence-electron chi connectivity index (χ2n) is 5.89. The molecule has 4 aromatic rings. The summed E-state index contributed by atoms with van der Waals surface area (Å²) in [4.78, 5) is 16.7. The molecule has 3 heterocycles. The minimum Gasteiger partial charge on any atom is -0.421 e. The maximum absolute atomic E-state index is 12.3. The molecule has 130 valence electrons.